The fraction of sp³-hybridized carbons (Fsp3) is 0.512. The van der Waals surface area contributed by atoms with Crippen LogP contribution in [0.3, 0.4) is 0 Å². The number of imide groups is 2. The maximum Gasteiger partial charge on any atom is 0.284 e. The lowest BCUT2D eigenvalue weighted by molar-refractivity contribution is -0.136. The molecule has 3 saturated heterocycles. The molecule has 23 heteroatoms. The average Bonchev–Trinajstić information content (AvgIpc) is 4.14. The van der Waals surface area contributed by atoms with Gasteiger partial charge in [-0.2, -0.15) is 10.2 Å². The van der Waals surface area contributed by atoms with Gasteiger partial charge in [0.1, 0.15) is 17.4 Å². The number of benzene rings is 1. The Bertz CT molecular complexity index is 2700. The molecule has 2 bridgehead atoms. The first-order valence-corrected chi connectivity index (χ1v) is 23.8. The van der Waals surface area contributed by atoms with Gasteiger partial charge < -0.3 is 19.7 Å². The first-order chi connectivity index (χ1) is 31.7. The van der Waals surface area contributed by atoms with E-state index in [1.807, 2.05) is 6.07 Å². The second-order valence-corrected chi connectivity index (χ2v) is 19.1. The molecule has 1 saturated carbocycles. The second kappa shape index (κ2) is 18.6. The third-order valence-corrected chi connectivity index (χ3v) is 14.3. The molecule has 4 aliphatic heterocycles. The molecular weight excluding hydrogens is 887 g/mol. The zero-order chi connectivity index (χ0) is 46.3. The predicted octanol–water partition coefficient (Wildman–Crippen LogP) is 3.10. The SMILES string of the molecule is O=C1CCC(N2C(=O)c3cccc(CCCCOCCCS(=O)(=O)NC(=O)C4CCC(n5cc(NC(=O)c6cnn7ccc(N8C[C@H]9C[C@@H]8CO9)nc67)c(C(F)F)n5)CC4)c3C2=O)C(=O)N1. The maximum absolute atomic E-state index is 14.2. The van der Waals surface area contributed by atoms with E-state index in [0.717, 1.165) is 11.3 Å². The van der Waals surface area contributed by atoms with Crippen molar-refractivity contribution in [2.75, 3.05) is 42.3 Å². The van der Waals surface area contributed by atoms with E-state index in [-0.39, 0.29) is 90.7 Å². The minimum atomic E-state index is -3.97. The monoisotopic (exact) mass is 934 g/mol. The molecule has 6 amide bonds. The van der Waals surface area contributed by atoms with E-state index in [2.05, 4.69) is 35.4 Å². The summed E-state index contributed by atoms with van der Waals surface area (Å²) in [5.74, 6) is -3.87. The first kappa shape index (κ1) is 45.0. The van der Waals surface area contributed by atoms with E-state index in [1.165, 1.54) is 21.6 Å². The van der Waals surface area contributed by atoms with Crippen LogP contribution in [0.2, 0.25) is 0 Å². The van der Waals surface area contributed by atoms with E-state index in [9.17, 15) is 46.0 Å². The summed E-state index contributed by atoms with van der Waals surface area (Å²) < 4.78 is 70.3. The van der Waals surface area contributed by atoms with Gasteiger partial charge in [0.2, 0.25) is 27.7 Å². The molecule has 9 rings (SSSR count). The Labute approximate surface area is 376 Å². The molecule has 20 nitrogen and oxygen atoms in total. The molecule has 0 radical (unpaired) electrons. The van der Waals surface area contributed by atoms with Crippen LogP contribution < -0.4 is 20.3 Å². The van der Waals surface area contributed by atoms with Gasteiger partial charge in [-0.05, 0) is 81.9 Å². The number of nitrogens with zero attached hydrogens (tertiary/aromatic N) is 7. The summed E-state index contributed by atoms with van der Waals surface area (Å²) in [6.45, 7) is 1.71. The van der Waals surface area contributed by atoms with Crippen LogP contribution in [0.1, 0.15) is 119 Å². The molecule has 3 aromatic heterocycles. The molecule has 66 heavy (non-hydrogen) atoms. The molecule has 4 fully saturated rings. The third-order valence-electron chi connectivity index (χ3n) is 12.9. The smallest absolute Gasteiger partial charge is 0.284 e. The van der Waals surface area contributed by atoms with Gasteiger partial charge in [-0.3, -0.25) is 48.4 Å². The lowest BCUT2D eigenvalue weighted by atomic mass is 9.86. The van der Waals surface area contributed by atoms with E-state index in [4.69, 9.17) is 9.47 Å². The molecule has 1 unspecified atom stereocenters. The van der Waals surface area contributed by atoms with Gasteiger partial charge in [0.05, 0.1) is 53.6 Å². The van der Waals surface area contributed by atoms with Crippen molar-refractivity contribution in [3.8, 4) is 0 Å². The molecule has 0 spiro atoms. The van der Waals surface area contributed by atoms with Gasteiger partial charge in [-0.1, -0.05) is 12.1 Å². The van der Waals surface area contributed by atoms with E-state index in [1.54, 1.807) is 24.4 Å². The third kappa shape index (κ3) is 9.14. The number of aromatic nitrogens is 5. The van der Waals surface area contributed by atoms with Crippen LogP contribution in [0.25, 0.3) is 5.65 Å². The number of aryl methyl sites for hydroxylation is 1. The summed E-state index contributed by atoms with van der Waals surface area (Å²) in [7, 11) is -3.97. The Morgan fingerprint density at radius 1 is 0.985 bits per heavy atom. The standard InChI is InChI=1S/C43H48F2N10O10S/c44-37(45)36-31(47-40(58)30-20-46-53-15-14-33(48-38(30)53)52-21-28-19-27(52)23-65-28)22-54(50-36)26-10-8-25(9-11-26)39(57)51-66(62,63)18-4-17-64-16-2-1-5-24-6-3-7-29-35(24)43(61)55(42(29)60)32-12-13-34(56)49-41(32)59/h3,6-7,14-15,20,22,25-28,32,37H,1-2,4-5,8-13,16-19,21,23H2,(H,47,58)(H,51,57)(H,49,56,59)/t25?,26?,27-,28-,32?/m1/s1. The number of halogens is 2. The molecule has 1 aliphatic carbocycles. The van der Waals surface area contributed by atoms with E-state index < -0.39 is 69.5 Å². The number of amides is 6. The number of carbonyl (C=O) groups excluding carboxylic acids is 6. The topological polar surface area (TPSA) is 246 Å². The number of morpholine rings is 1. The van der Waals surface area contributed by atoms with Gasteiger partial charge in [0.15, 0.2) is 11.3 Å². The van der Waals surface area contributed by atoms with Crippen molar-refractivity contribution >= 4 is 62.6 Å². The number of fused-ring (bicyclic) bond motifs is 4. The fourth-order valence-corrected chi connectivity index (χ4v) is 10.6. The summed E-state index contributed by atoms with van der Waals surface area (Å²) in [4.78, 5) is 84.7. The second-order valence-electron chi connectivity index (χ2n) is 17.3. The van der Waals surface area contributed by atoms with Crippen molar-refractivity contribution in [2.24, 2.45) is 5.92 Å². The first-order valence-electron chi connectivity index (χ1n) is 22.1. The molecule has 3 atom stereocenters. The maximum atomic E-state index is 14.2. The van der Waals surface area contributed by atoms with Crippen LogP contribution in [0.15, 0.2) is 42.9 Å². The Balaban J connectivity index is 0.699. The van der Waals surface area contributed by atoms with Crippen molar-refractivity contribution < 1.29 is 55.4 Å². The molecular formula is C43H48F2N10O10S. The van der Waals surface area contributed by atoms with Gasteiger partial charge in [-0.25, -0.2) is 26.7 Å². The van der Waals surface area contributed by atoms with Gasteiger partial charge in [-0.15, -0.1) is 0 Å². The Morgan fingerprint density at radius 2 is 1.79 bits per heavy atom. The van der Waals surface area contributed by atoms with Crippen LogP contribution in [0.4, 0.5) is 20.3 Å². The normalized spacial score (nSPS) is 23.0. The average molecular weight is 935 g/mol. The molecule has 3 N–H and O–H groups in total. The van der Waals surface area contributed by atoms with Crippen LogP contribution in [0.5, 0.6) is 0 Å². The number of hydrogen-bond acceptors (Lipinski definition) is 14. The van der Waals surface area contributed by atoms with Gasteiger partial charge in [0, 0.05) is 44.5 Å². The van der Waals surface area contributed by atoms with E-state index in [0.29, 0.717) is 63.2 Å². The quantitative estimate of drug-likeness (QED) is 0.102. The minimum Gasteiger partial charge on any atom is -0.381 e. The number of ether oxygens (including phenoxy) is 2. The minimum absolute atomic E-state index is 0.0283. The Morgan fingerprint density at radius 3 is 2.53 bits per heavy atom. The molecule has 350 valence electrons. The van der Waals surface area contributed by atoms with E-state index >= 15 is 0 Å². The number of alkyl halides is 2. The molecule has 7 heterocycles. The molecule has 5 aliphatic rings. The lowest BCUT2D eigenvalue weighted by Crippen LogP contribution is -2.54. The highest BCUT2D eigenvalue weighted by Crippen LogP contribution is 2.36. The van der Waals surface area contributed by atoms with Crippen molar-refractivity contribution in [3.05, 3.63) is 70.8 Å². The predicted molar refractivity (Wildman–Crippen MR) is 228 cm³/mol. The number of hydrogen-bond donors (Lipinski definition) is 3. The Hall–Kier alpha value is -6.20. The summed E-state index contributed by atoms with van der Waals surface area (Å²) in [5, 5.41) is 13.1. The van der Waals surface area contributed by atoms with Crippen LogP contribution in [0, 0.1) is 5.92 Å². The van der Waals surface area contributed by atoms with Crippen LogP contribution in [-0.4, -0.2) is 123 Å². The summed E-state index contributed by atoms with van der Waals surface area (Å²) in [5.41, 5.74) is 0.718. The number of unbranched alkanes of at least 4 members (excludes halogenated alkanes) is 1. The molecule has 4 aromatic rings. The number of piperidine rings is 1. The number of rotatable bonds is 17. The van der Waals surface area contributed by atoms with Crippen molar-refractivity contribution in [2.45, 2.75) is 101 Å². The Kier molecular flexibility index (Phi) is 12.7. The highest BCUT2D eigenvalue weighted by atomic mass is 32.2. The largest absolute Gasteiger partial charge is 0.381 e. The summed E-state index contributed by atoms with van der Waals surface area (Å²) in [6.07, 6.45) is 5.55. The lowest BCUT2D eigenvalue weighted by Gasteiger charge is -2.27. The van der Waals surface area contributed by atoms with Gasteiger partial charge in [0.25, 0.3) is 24.1 Å². The number of nitrogens with one attached hydrogen (secondary N) is 3. The van der Waals surface area contributed by atoms with Gasteiger partial charge >= 0.3 is 0 Å². The molecule has 1 aromatic carbocycles. The van der Waals surface area contributed by atoms with Crippen LogP contribution >= 0.6 is 0 Å². The summed E-state index contributed by atoms with van der Waals surface area (Å²) >= 11 is 0. The number of anilines is 2. The highest BCUT2D eigenvalue weighted by molar-refractivity contribution is 7.90. The zero-order valence-corrected chi connectivity index (χ0v) is 36.5. The highest BCUT2D eigenvalue weighted by Gasteiger charge is 2.45. The van der Waals surface area contributed by atoms with Crippen molar-refractivity contribution in [3.63, 3.8) is 0 Å². The zero-order valence-electron chi connectivity index (χ0n) is 35.7. The van der Waals surface area contributed by atoms with Crippen molar-refractivity contribution in [1.29, 1.82) is 0 Å². The number of sulfonamides is 1. The van der Waals surface area contributed by atoms with Crippen molar-refractivity contribution in [1.82, 2.24) is 39.3 Å². The number of carbonyl (C=O) groups is 6. The summed E-state index contributed by atoms with van der Waals surface area (Å²) in [6, 6.07) is 5.54. The van der Waals surface area contributed by atoms with Crippen LogP contribution in [-0.2, 0) is 40.3 Å². The fourth-order valence-electron chi connectivity index (χ4n) is 9.56.